The first-order chi connectivity index (χ1) is 7.92. The minimum atomic E-state index is 0.670. The van der Waals surface area contributed by atoms with Gasteiger partial charge < -0.3 is 4.79 Å². The first kappa shape index (κ1) is 10.8. The molecular weight excluding hydrogens is 198 g/mol. The number of pyridine rings is 1. The zero-order chi connectivity index (χ0) is 11.2. The van der Waals surface area contributed by atoms with E-state index in [0.29, 0.717) is 6.42 Å². The number of hydrogen-bond donors (Lipinski definition) is 0. The molecule has 0 aliphatic rings. The van der Waals surface area contributed by atoms with Gasteiger partial charge in [0.1, 0.15) is 6.29 Å². The number of para-hydroxylation sites is 1. The Balaban J connectivity index is 2.14. The minimum Gasteiger partial charge on any atom is -0.303 e. The van der Waals surface area contributed by atoms with E-state index in [2.05, 4.69) is 17.1 Å². The zero-order valence-electron chi connectivity index (χ0n) is 9.23. The molecule has 82 valence electrons. The second-order valence-corrected chi connectivity index (χ2v) is 3.90. The molecule has 0 unspecified atom stereocenters. The molecule has 0 bridgehead atoms. The van der Waals surface area contributed by atoms with Gasteiger partial charge in [0.25, 0.3) is 0 Å². The van der Waals surface area contributed by atoms with E-state index < -0.39 is 0 Å². The van der Waals surface area contributed by atoms with Crippen LogP contribution in [0.3, 0.4) is 0 Å². The highest BCUT2D eigenvalue weighted by Crippen LogP contribution is 2.18. The molecule has 0 atom stereocenters. The average Bonchev–Trinajstić information content (AvgIpc) is 2.35. The van der Waals surface area contributed by atoms with Crippen molar-refractivity contribution in [3.05, 3.63) is 42.1 Å². The Morgan fingerprint density at radius 1 is 1.12 bits per heavy atom. The molecule has 0 fully saturated rings. The topological polar surface area (TPSA) is 30.0 Å². The van der Waals surface area contributed by atoms with E-state index in [1.165, 1.54) is 10.9 Å². The standard InChI is InChI=1S/C14H15NO/c16-11-5-1-2-6-12-9-10-15-14-8-4-3-7-13(12)14/h3-4,7-11H,1-2,5-6H2. The molecule has 0 aliphatic heterocycles. The van der Waals surface area contributed by atoms with Crippen molar-refractivity contribution in [2.24, 2.45) is 0 Å². The number of rotatable bonds is 5. The lowest BCUT2D eigenvalue weighted by Gasteiger charge is -2.04. The highest BCUT2D eigenvalue weighted by Gasteiger charge is 2.00. The van der Waals surface area contributed by atoms with Crippen LogP contribution in [0.4, 0.5) is 0 Å². The summed E-state index contributed by atoms with van der Waals surface area (Å²) in [5.41, 5.74) is 2.38. The molecule has 0 saturated carbocycles. The van der Waals surface area contributed by atoms with E-state index >= 15 is 0 Å². The maximum absolute atomic E-state index is 10.2. The molecule has 2 heteroatoms. The lowest BCUT2D eigenvalue weighted by molar-refractivity contribution is -0.107. The first-order valence-corrected chi connectivity index (χ1v) is 5.68. The van der Waals surface area contributed by atoms with Crippen LogP contribution < -0.4 is 0 Å². The monoisotopic (exact) mass is 213 g/mol. The number of aryl methyl sites for hydroxylation is 1. The van der Waals surface area contributed by atoms with Gasteiger partial charge in [0, 0.05) is 18.0 Å². The van der Waals surface area contributed by atoms with E-state index in [-0.39, 0.29) is 0 Å². The van der Waals surface area contributed by atoms with Gasteiger partial charge >= 0.3 is 0 Å². The summed E-state index contributed by atoms with van der Waals surface area (Å²) < 4.78 is 0. The number of carbonyl (C=O) groups is 1. The van der Waals surface area contributed by atoms with Crippen molar-refractivity contribution < 1.29 is 4.79 Å². The van der Waals surface area contributed by atoms with Crippen LogP contribution in [0, 0.1) is 0 Å². The molecule has 0 spiro atoms. The molecule has 1 aromatic heterocycles. The quantitative estimate of drug-likeness (QED) is 0.564. The maximum Gasteiger partial charge on any atom is 0.119 e. The molecule has 0 N–H and O–H groups in total. The van der Waals surface area contributed by atoms with Gasteiger partial charge in [-0.15, -0.1) is 0 Å². The fourth-order valence-electron chi connectivity index (χ4n) is 1.92. The third-order valence-electron chi connectivity index (χ3n) is 2.76. The Kier molecular flexibility index (Phi) is 3.65. The normalized spacial score (nSPS) is 10.5. The molecule has 16 heavy (non-hydrogen) atoms. The smallest absolute Gasteiger partial charge is 0.119 e. The van der Waals surface area contributed by atoms with E-state index in [9.17, 15) is 4.79 Å². The lowest BCUT2D eigenvalue weighted by Crippen LogP contribution is -1.90. The Morgan fingerprint density at radius 3 is 2.88 bits per heavy atom. The Labute approximate surface area is 95.3 Å². The fraction of sp³-hybridized carbons (Fsp3) is 0.286. The van der Waals surface area contributed by atoms with Crippen molar-refractivity contribution in [1.29, 1.82) is 0 Å². The summed E-state index contributed by atoms with van der Waals surface area (Å²) in [7, 11) is 0. The number of unbranched alkanes of at least 4 members (excludes halogenated alkanes) is 2. The Hall–Kier alpha value is -1.70. The summed E-state index contributed by atoms with van der Waals surface area (Å²) in [4.78, 5) is 14.5. The number of aldehydes is 1. The summed E-state index contributed by atoms with van der Waals surface area (Å²) >= 11 is 0. The van der Waals surface area contributed by atoms with E-state index in [1.807, 2.05) is 24.4 Å². The van der Waals surface area contributed by atoms with Gasteiger partial charge in [0.05, 0.1) is 5.52 Å². The molecule has 0 saturated heterocycles. The number of nitrogens with zero attached hydrogens (tertiary/aromatic N) is 1. The van der Waals surface area contributed by atoms with Gasteiger partial charge in [-0.25, -0.2) is 0 Å². The minimum absolute atomic E-state index is 0.670. The summed E-state index contributed by atoms with van der Waals surface area (Å²) in [6, 6.07) is 10.3. The molecule has 1 heterocycles. The number of aromatic nitrogens is 1. The molecule has 0 aliphatic carbocycles. The van der Waals surface area contributed by atoms with Gasteiger partial charge in [0.2, 0.25) is 0 Å². The van der Waals surface area contributed by atoms with Crippen LogP contribution in [0.1, 0.15) is 24.8 Å². The third kappa shape index (κ3) is 2.45. The van der Waals surface area contributed by atoms with Crippen LogP contribution in [-0.2, 0) is 11.2 Å². The van der Waals surface area contributed by atoms with Crippen molar-refractivity contribution in [1.82, 2.24) is 4.98 Å². The maximum atomic E-state index is 10.2. The number of fused-ring (bicyclic) bond motifs is 1. The number of benzene rings is 1. The molecule has 1 aromatic carbocycles. The van der Waals surface area contributed by atoms with Gasteiger partial charge in [-0.05, 0) is 37.0 Å². The highest BCUT2D eigenvalue weighted by molar-refractivity contribution is 5.81. The second-order valence-electron chi connectivity index (χ2n) is 3.90. The summed E-state index contributed by atoms with van der Waals surface area (Å²) in [5, 5.41) is 1.23. The molecular formula is C14H15NO. The van der Waals surface area contributed by atoms with Crippen LogP contribution in [0.5, 0.6) is 0 Å². The Bertz CT molecular complexity index is 474. The van der Waals surface area contributed by atoms with Crippen molar-refractivity contribution in [3.8, 4) is 0 Å². The zero-order valence-corrected chi connectivity index (χ0v) is 9.23. The van der Waals surface area contributed by atoms with Gasteiger partial charge in [-0.1, -0.05) is 18.2 Å². The van der Waals surface area contributed by atoms with Crippen molar-refractivity contribution in [3.63, 3.8) is 0 Å². The number of carbonyl (C=O) groups excluding carboxylic acids is 1. The number of hydrogen-bond acceptors (Lipinski definition) is 2. The largest absolute Gasteiger partial charge is 0.303 e. The predicted octanol–water partition coefficient (Wildman–Crippen LogP) is 3.15. The van der Waals surface area contributed by atoms with Crippen LogP contribution in [-0.4, -0.2) is 11.3 Å². The average molecular weight is 213 g/mol. The van der Waals surface area contributed by atoms with Crippen molar-refractivity contribution in [2.75, 3.05) is 0 Å². The predicted molar refractivity (Wildman–Crippen MR) is 65.4 cm³/mol. The highest BCUT2D eigenvalue weighted by atomic mass is 16.1. The first-order valence-electron chi connectivity index (χ1n) is 5.68. The molecule has 0 radical (unpaired) electrons. The van der Waals surface area contributed by atoms with Crippen molar-refractivity contribution >= 4 is 17.2 Å². The molecule has 2 rings (SSSR count). The van der Waals surface area contributed by atoms with Crippen LogP contribution in [0.2, 0.25) is 0 Å². The van der Waals surface area contributed by atoms with Gasteiger partial charge in [-0.2, -0.15) is 0 Å². The summed E-state index contributed by atoms with van der Waals surface area (Å²) in [6.45, 7) is 0. The van der Waals surface area contributed by atoms with Gasteiger partial charge in [0.15, 0.2) is 0 Å². The van der Waals surface area contributed by atoms with E-state index in [4.69, 9.17) is 0 Å². The second kappa shape index (κ2) is 5.40. The molecule has 2 aromatic rings. The SMILES string of the molecule is O=CCCCCc1ccnc2ccccc12. The summed E-state index contributed by atoms with van der Waals surface area (Å²) in [5.74, 6) is 0. The van der Waals surface area contributed by atoms with Crippen LogP contribution >= 0.6 is 0 Å². The fourth-order valence-corrected chi connectivity index (χ4v) is 1.92. The van der Waals surface area contributed by atoms with Gasteiger partial charge in [-0.3, -0.25) is 4.98 Å². The Morgan fingerprint density at radius 2 is 2.00 bits per heavy atom. The van der Waals surface area contributed by atoms with E-state index in [0.717, 1.165) is 31.1 Å². The van der Waals surface area contributed by atoms with Crippen LogP contribution in [0.15, 0.2) is 36.5 Å². The van der Waals surface area contributed by atoms with E-state index in [1.54, 1.807) is 0 Å². The third-order valence-corrected chi connectivity index (χ3v) is 2.76. The molecule has 0 amide bonds. The summed E-state index contributed by atoms with van der Waals surface area (Å²) in [6.07, 6.45) is 6.58. The molecule has 2 nitrogen and oxygen atoms in total. The lowest BCUT2D eigenvalue weighted by atomic mass is 10.0. The van der Waals surface area contributed by atoms with Crippen molar-refractivity contribution in [2.45, 2.75) is 25.7 Å². The van der Waals surface area contributed by atoms with Crippen LogP contribution in [0.25, 0.3) is 10.9 Å².